The second kappa shape index (κ2) is 6.86. The van der Waals surface area contributed by atoms with E-state index in [2.05, 4.69) is 10.3 Å². The van der Waals surface area contributed by atoms with Crippen LogP contribution in [0.25, 0.3) is 0 Å². The Bertz CT molecular complexity index is 749. The zero-order valence-corrected chi connectivity index (χ0v) is 14.4. The highest BCUT2D eigenvalue weighted by molar-refractivity contribution is 7.15. The number of amides is 2. The summed E-state index contributed by atoms with van der Waals surface area (Å²) >= 11 is 1.43. The molecular weight excluding hydrogens is 329 g/mol. The number of nitrogens with zero attached hydrogens (tertiary/aromatic N) is 2. The van der Waals surface area contributed by atoms with Gasteiger partial charge in [0.05, 0.1) is 17.8 Å². The molecule has 3 rings (SSSR count). The molecule has 2 aromatic rings. The van der Waals surface area contributed by atoms with E-state index in [9.17, 15) is 14.3 Å². The predicted octanol–water partition coefficient (Wildman–Crippen LogP) is 3.49. The van der Waals surface area contributed by atoms with Gasteiger partial charge in [0.25, 0.3) is 0 Å². The van der Waals surface area contributed by atoms with Gasteiger partial charge in [-0.3, -0.25) is 5.32 Å². The molecule has 7 heteroatoms. The first-order valence-electron chi connectivity index (χ1n) is 7.95. The van der Waals surface area contributed by atoms with Gasteiger partial charge in [-0.1, -0.05) is 19.1 Å². The number of halogens is 1. The van der Waals surface area contributed by atoms with Crippen LogP contribution in [0.1, 0.15) is 35.5 Å². The third-order valence-electron chi connectivity index (χ3n) is 4.21. The third kappa shape index (κ3) is 3.42. The third-order valence-corrected chi connectivity index (χ3v) is 5.14. The lowest BCUT2D eigenvalue weighted by Crippen LogP contribution is -2.35. The van der Waals surface area contributed by atoms with Crippen LogP contribution in [0.4, 0.5) is 14.3 Å². The molecule has 1 saturated heterocycles. The van der Waals surface area contributed by atoms with Crippen LogP contribution < -0.4 is 5.32 Å². The number of anilines is 1. The van der Waals surface area contributed by atoms with Crippen LogP contribution in [0.3, 0.4) is 0 Å². The van der Waals surface area contributed by atoms with Crippen LogP contribution in [0.5, 0.6) is 0 Å². The van der Waals surface area contributed by atoms with Gasteiger partial charge >= 0.3 is 6.03 Å². The maximum Gasteiger partial charge on any atom is 0.324 e. The predicted molar refractivity (Wildman–Crippen MR) is 91.7 cm³/mol. The van der Waals surface area contributed by atoms with Crippen molar-refractivity contribution in [3.8, 4) is 0 Å². The van der Waals surface area contributed by atoms with Crippen LogP contribution in [-0.2, 0) is 6.42 Å². The number of carbonyl (C=O) groups is 1. The monoisotopic (exact) mass is 349 g/mol. The van der Waals surface area contributed by atoms with E-state index in [1.807, 2.05) is 13.8 Å². The summed E-state index contributed by atoms with van der Waals surface area (Å²) in [4.78, 5) is 19.6. The Hall–Kier alpha value is -1.99. The highest BCUT2D eigenvalue weighted by Crippen LogP contribution is 2.33. The number of hydrogen-bond donors (Lipinski definition) is 2. The molecule has 1 fully saturated rings. The fourth-order valence-corrected chi connectivity index (χ4v) is 3.93. The molecule has 0 aliphatic carbocycles. The van der Waals surface area contributed by atoms with Crippen molar-refractivity contribution in [2.24, 2.45) is 0 Å². The molecule has 1 aromatic heterocycles. The average Bonchev–Trinajstić information content (AvgIpc) is 3.10. The number of urea groups is 1. The molecule has 2 atom stereocenters. The van der Waals surface area contributed by atoms with E-state index in [-0.39, 0.29) is 24.4 Å². The maximum atomic E-state index is 13.5. The summed E-state index contributed by atoms with van der Waals surface area (Å²) in [5.41, 5.74) is 1.66. The summed E-state index contributed by atoms with van der Waals surface area (Å²) in [6, 6.07) is 5.49. The fourth-order valence-electron chi connectivity index (χ4n) is 3.04. The molecule has 2 amide bonds. The van der Waals surface area contributed by atoms with Crippen LogP contribution >= 0.6 is 11.3 Å². The van der Waals surface area contributed by atoms with Gasteiger partial charge in [-0.15, -0.1) is 11.3 Å². The standard InChI is InChI=1S/C17H20FN3O2S/c1-3-14-10(2)24-16(19-14)20-17(23)21-9-13(22)8-15(21)11-5-4-6-12(18)7-11/h4-7,13,15,22H,3,8-9H2,1-2H3,(H,19,20,23). The minimum atomic E-state index is -0.617. The lowest BCUT2D eigenvalue weighted by atomic mass is 10.0. The Labute approximate surface area is 144 Å². The minimum Gasteiger partial charge on any atom is -0.391 e. The van der Waals surface area contributed by atoms with Gasteiger partial charge in [0.2, 0.25) is 0 Å². The van der Waals surface area contributed by atoms with Crippen molar-refractivity contribution in [2.75, 3.05) is 11.9 Å². The quantitative estimate of drug-likeness (QED) is 0.891. The summed E-state index contributed by atoms with van der Waals surface area (Å²) in [6.07, 6.45) is 0.591. The normalized spacial score (nSPS) is 20.4. The molecule has 0 saturated carbocycles. The number of β-amino-alcohol motifs (C(OH)–C–C–N with tert-alkyl or cyclic N) is 1. The average molecular weight is 349 g/mol. The number of aliphatic hydroxyl groups excluding tert-OH is 1. The number of aromatic nitrogens is 1. The van der Waals surface area contributed by atoms with Crippen molar-refractivity contribution >= 4 is 22.5 Å². The molecule has 128 valence electrons. The van der Waals surface area contributed by atoms with Gasteiger partial charge in [-0.2, -0.15) is 0 Å². The van der Waals surface area contributed by atoms with E-state index >= 15 is 0 Å². The van der Waals surface area contributed by atoms with Gasteiger partial charge in [0.15, 0.2) is 5.13 Å². The molecule has 24 heavy (non-hydrogen) atoms. The first-order valence-corrected chi connectivity index (χ1v) is 8.77. The van der Waals surface area contributed by atoms with Gasteiger partial charge in [-0.05, 0) is 37.5 Å². The van der Waals surface area contributed by atoms with Crippen molar-refractivity contribution < 1.29 is 14.3 Å². The van der Waals surface area contributed by atoms with Crippen molar-refractivity contribution in [1.82, 2.24) is 9.88 Å². The molecule has 2 unspecified atom stereocenters. The number of benzene rings is 1. The first kappa shape index (κ1) is 16.9. The Morgan fingerprint density at radius 2 is 2.33 bits per heavy atom. The van der Waals surface area contributed by atoms with Crippen molar-refractivity contribution in [3.63, 3.8) is 0 Å². The Kier molecular flexibility index (Phi) is 4.82. The molecule has 2 N–H and O–H groups in total. The molecule has 0 spiro atoms. The number of hydrogen-bond acceptors (Lipinski definition) is 4. The van der Waals surface area contributed by atoms with E-state index in [1.165, 1.54) is 23.5 Å². The van der Waals surface area contributed by atoms with Crippen LogP contribution in [0, 0.1) is 12.7 Å². The van der Waals surface area contributed by atoms with Crippen molar-refractivity contribution in [1.29, 1.82) is 0 Å². The number of aryl methyl sites for hydroxylation is 2. The smallest absolute Gasteiger partial charge is 0.324 e. The lowest BCUT2D eigenvalue weighted by Gasteiger charge is -2.24. The van der Waals surface area contributed by atoms with Crippen LogP contribution in [0.15, 0.2) is 24.3 Å². The number of carbonyl (C=O) groups excluding carboxylic acids is 1. The lowest BCUT2D eigenvalue weighted by molar-refractivity contribution is 0.175. The minimum absolute atomic E-state index is 0.220. The van der Waals surface area contributed by atoms with Gasteiger partial charge in [0, 0.05) is 11.4 Å². The Morgan fingerprint density at radius 3 is 3.00 bits per heavy atom. The largest absolute Gasteiger partial charge is 0.391 e. The van der Waals surface area contributed by atoms with E-state index < -0.39 is 6.10 Å². The topological polar surface area (TPSA) is 65.5 Å². The maximum absolute atomic E-state index is 13.5. The number of nitrogens with one attached hydrogen (secondary N) is 1. The summed E-state index contributed by atoms with van der Waals surface area (Å²) in [5.74, 6) is -0.350. The highest BCUT2D eigenvalue weighted by Gasteiger charge is 2.35. The zero-order valence-electron chi connectivity index (χ0n) is 13.6. The van der Waals surface area contributed by atoms with E-state index in [0.717, 1.165) is 17.0 Å². The second-order valence-corrected chi connectivity index (χ2v) is 7.12. The molecular formula is C17H20FN3O2S. The van der Waals surface area contributed by atoms with Crippen molar-refractivity contribution in [2.45, 2.75) is 38.8 Å². The van der Waals surface area contributed by atoms with Crippen LogP contribution in [-0.4, -0.2) is 33.7 Å². The molecule has 0 radical (unpaired) electrons. The van der Waals surface area contributed by atoms with Crippen LogP contribution in [0.2, 0.25) is 0 Å². The van der Waals surface area contributed by atoms with Gasteiger partial charge in [-0.25, -0.2) is 14.2 Å². The first-order chi connectivity index (χ1) is 11.5. The summed E-state index contributed by atoms with van der Waals surface area (Å²) in [5, 5.41) is 13.3. The number of likely N-dealkylation sites (tertiary alicyclic amines) is 1. The molecule has 1 aromatic carbocycles. The van der Waals surface area contributed by atoms with Gasteiger partial charge in [0.1, 0.15) is 5.82 Å². The Morgan fingerprint density at radius 1 is 1.54 bits per heavy atom. The highest BCUT2D eigenvalue weighted by atomic mass is 32.1. The number of rotatable bonds is 3. The Balaban J connectivity index is 1.79. The van der Waals surface area contributed by atoms with Gasteiger partial charge < -0.3 is 10.0 Å². The number of aliphatic hydroxyl groups is 1. The van der Waals surface area contributed by atoms with E-state index in [1.54, 1.807) is 17.0 Å². The van der Waals surface area contributed by atoms with Crippen molar-refractivity contribution in [3.05, 3.63) is 46.2 Å². The SMILES string of the molecule is CCc1nc(NC(=O)N2CC(O)CC2c2cccc(F)c2)sc1C. The van der Waals surface area contributed by atoms with E-state index in [4.69, 9.17) is 0 Å². The molecule has 1 aliphatic heterocycles. The molecule has 2 heterocycles. The summed E-state index contributed by atoms with van der Waals surface area (Å²) in [6.45, 7) is 4.21. The second-order valence-electron chi connectivity index (χ2n) is 5.92. The fraction of sp³-hybridized carbons (Fsp3) is 0.412. The summed E-state index contributed by atoms with van der Waals surface area (Å²) in [7, 11) is 0. The molecule has 5 nitrogen and oxygen atoms in total. The van der Waals surface area contributed by atoms with E-state index in [0.29, 0.717) is 17.1 Å². The number of thiazole rings is 1. The zero-order chi connectivity index (χ0) is 17.3. The molecule has 0 bridgehead atoms. The molecule has 1 aliphatic rings. The summed E-state index contributed by atoms with van der Waals surface area (Å²) < 4.78 is 13.5.